The third-order valence-corrected chi connectivity index (χ3v) is 14.2. The molecule has 0 saturated heterocycles. The van der Waals surface area contributed by atoms with E-state index in [0.717, 1.165) is 72.6 Å². The van der Waals surface area contributed by atoms with Crippen LogP contribution in [-0.4, -0.2) is 19.9 Å². The summed E-state index contributed by atoms with van der Waals surface area (Å²) in [4.78, 5) is 22.3. The van der Waals surface area contributed by atoms with Crippen LogP contribution in [0.3, 0.4) is 0 Å². The number of hydrogen-bond donors (Lipinski definition) is 0. The van der Waals surface area contributed by atoms with Gasteiger partial charge in [0.25, 0.3) is 0 Å². The van der Waals surface area contributed by atoms with Gasteiger partial charge in [0.15, 0.2) is 0 Å². The van der Waals surface area contributed by atoms with Gasteiger partial charge in [0, 0.05) is 38.5 Å². The van der Waals surface area contributed by atoms with Crippen molar-refractivity contribution in [2.75, 3.05) is 0 Å². The quantitative estimate of drug-likeness (QED) is 0.162. The van der Waals surface area contributed by atoms with Crippen molar-refractivity contribution in [3.8, 4) is 67.4 Å². The summed E-state index contributed by atoms with van der Waals surface area (Å²) in [5.74, 6) is 0. The van der Waals surface area contributed by atoms with Crippen LogP contribution in [0.25, 0.3) is 89.1 Å². The zero-order valence-electron chi connectivity index (χ0n) is 34.5. The number of hydrogen-bond acceptors (Lipinski definition) is 5. The van der Waals surface area contributed by atoms with Crippen LogP contribution in [0, 0.1) is 0 Å². The number of aromatic nitrogens is 4. The van der Waals surface area contributed by atoms with E-state index in [9.17, 15) is 0 Å². The molecule has 0 radical (unpaired) electrons. The van der Waals surface area contributed by atoms with Crippen molar-refractivity contribution in [2.24, 2.45) is 0 Å². The minimum absolute atomic E-state index is 0.478. The molecule has 13 rings (SSSR count). The Morgan fingerprint density at radius 2 is 0.906 bits per heavy atom. The summed E-state index contributed by atoms with van der Waals surface area (Å²) in [5.41, 5.74) is 18.2. The molecule has 4 nitrogen and oxygen atoms in total. The van der Waals surface area contributed by atoms with Gasteiger partial charge in [0.2, 0.25) is 0 Å². The highest BCUT2D eigenvalue weighted by Gasteiger charge is 2.50. The second-order valence-electron chi connectivity index (χ2n) is 16.5. The van der Waals surface area contributed by atoms with Gasteiger partial charge in [-0.2, -0.15) is 0 Å². The second-order valence-corrected chi connectivity index (χ2v) is 17.6. The summed E-state index contributed by atoms with van der Waals surface area (Å²) in [6, 6.07) is 74.3. The monoisotopic (exact) mass is 832 g/mol. The molecule has 1 aliphatic heterocycles. The van der Waals surface area contributed by atoms with Crippen molar-refractivity contribution in [3.63, 3.8) is 0 Å². The Labute approximate surface area is 375 Å². The van der Waals surface area contributed by atoms with E-state index in [0.29, 0.717) is 0 Å². The average Bonchev–Trinajstić information content (AvgIpc) is 3.66. The summed E-state index contributed by atoms with van der Waals surface area (Å²) in [5, 5.41) is 3.48. The zero-order valence-corrected chi connectivity index (χ0v) is 35.3. The molecule has 298 valence electrons. The van der Waals surface area contributed by atoms with Gasteiger partial charge in [-0.3, -0.25) is 9.97 Å². The van der Waals surface area contributed by atoms with E-state index in [1.807, 2.05) is 48.2 Å². The predicted molar refractivity (Wildman–Crippen MR) is 261 cm³/mol. The van der Waals surface area contributed by atoms with Crippen molar-refractivity contribution in [2.45, 2.75) is 15.2 Å². The standard InChI is InChI=1S/C59H36N4S/c1-2-14-39(15-3-1)58-46-36-57-50(59(49-20-8-9-23-56(49)64-57)47-18-6-4-16-42(47)43-17-5-7-19-48(43)59)35-44(46)45-32-40(28-29-51(45)63-58)37-24-26-38(27-25-37)41-33-54(52-21-10-12-30-60-52)62-55(34-41)53-22-11-13-31-61-53/h1-36H. The van der Waals surface area contributed by atoms with Gasteiger partial charge in [-0.05, 0) is 128 Å². The Bertz CT molecular complexity index is 3520. The molecule has 64 heavy (non-hydrogen) atoms. The average molecular weight is 833 g/mol. The third kappa shape index (κ3) is 5.64. The van der Waals surface area contributed by atoms with Crippen molar-refractivity contribution in [1.29, 1.82) is 0 Å². The zero-order chi connectivity index (χ0) is 42.2. The molecule has 1 aliphatic carbocycles. The van der Waals surface area contributed by atoms with Gasteiger partial charge in [0.1, 0.15) is 0 Å². The van der Waals surface area contributed by atoms with Crippen LogP contribution in [0.1, 0.15) is 22.3 Å². The van der Waals surface area contributed by atoms with Gasteiger partial charge in [-0.1, -0.05) is 151 Å². The largest absolute Gasteiger partial charge is 0.255 e. The molecule has 5 heterocycles. The van der Waals surface area contributed by atoms with Crippen LogP contribution < -0.4 is 0 Å². The second kappa shape index (κ2) is 14.6. The summed E-state index contributed by atoms with van der Waals surface area (Å²) >= 11 is 1.88. The first-order valence-corrected chi connectivity index (χ1v) is 22.4. The molecule has 0 bridgehead atoms. The molecule has 0 saturated carbocycles. The van der Waals surface area contributed by atoms with E-state index in [4.69, 9.17) is 9.97 Å². The van der Waals surface area contributed by atoms with Crippen molar-refractivity contribution >= 4 is 33.4 Å². The molecule has 0 unspecified atom stereocenters. The maximum Gasteiger partial charge on any atom is 0.0900 e. The molecule has 2 aliphatic rings. The maximum absolute atomic E-state index is 5.46. The number of rotatable bonds is 5. The summed E-state index contributed by atoms with van der Waals surface area (Å²) in [7, 11) is 0. The van der Waals surface area contributed by atoms with Crippen LogP contribution in [0.5, 0.6) is 0 Å². The third-order valence-electron chi connectivity index (χ3n) is 13.0. The Kier molecular flexibility index (Phi) is 8.33. The fourth-order valence-electron chi connectivity index (χ4n) is 10.2. The molecule has 11 aromatic rings. The lowest BCUT2D eigenvalue weighted by Crippen LogP contribution is -2.32. The van der Waals surface area contributed by atoms with Gasteiger partial charge in [-0.15, -0.1) is 0 Å². The first-order chi connectivity index (χ1) is 31.7. The van der Waals surface area contributed by atoms with Crippen molar-refractivity contribution < 1.29 is 0 Å². The summed E-state index contributed by atoms with van der Waals surface area (Å²) in [6.07, 6.45) is 3.61. The topological polar surface area (TPSA) is 51.6 Å². The van der Waals surface area contributed by atoms with Gasteiger partial charge in [0.05, 0.1) is 39.4 Å². The minimum Gasteiger partial charge on any atom is -0.255 e. The fourth-order valence-corrected chi connectivity index (χ4v) is 11.4. The van der Waals surface area contributed by atoms with Crippen LogP contribution >= 0.6 is 11.8 Å². The molecule has 0 atom stereocenters. The lowest BCUT2D eigenvalue weighted by atomic mass is 9.67. The maximum atomic E-state index is 5.46. The molecule has 0 fully saturated rings. The van der Waals surface area contributed by atoms with E-state index in [1.54, 1.807) is 12.4 Å². The Balaban J connectivity index is 1.00. The summed E-state index contributed by atoms with van der Waals surface area (Å²) in [6.45, 7) is 0. The Morgan fingerprint density at radius 1 is 0.328 bits per heavy atom. The van der Waals surface area contributed by atoms with E-state index >= 15 is 0 Å². The minimum atomic E-state index is -0.478. The number of benzene rings is 7. The van der Waals surface area contributed by atoms with Crippen LogP contribution in [0.4, 0.5) is 0 Å². The summed E-state index contributed by atoms with van der Waals surface area (Å²) < 4.78 is 0. The Hall–Kier alpha value is -7.99. The van der Waals surface area contributed by atoms with E-state index in [-0.39, 0.29) is 0 Å². The van der Waals surface area contributed by atoms with Gasteiger partial charge >= 0.3 is 0 Å². The van der Waals surface area contributed by atoms with Crippen molar-refractivity contribution in [1.82, 2.24) is 19.9 Å². The molecule has 1 spiro atoms. The smallest absolute Gasteiger partial charge is 0.0900 e. The van der Waals surface area contributed by atoms with Crippen LogP contribution in [0.15, 0.2) is 228 Å². The highest BCUT2D eigenvalue weighted by molar-refractivity contribution is 7.99. The number of nitrogens with zero attached hydrogens (tertiary/aromatic N) is 4. The van der Waals surface area contributed by atoms with Gasteiger partial charge < -0.3 is 0 Å². The van der Waals surface area contributed by atoms with Gasteiger partial charge in [-0.25, -0.2) is 9.97 Å². The van der Waals surface area contributed by atoms with Crippen molar-refractivity contribution in [3.05, 3.63) is 241 Å². The molecular formula is C59H36N4S. The number of pyridine rings is 4. The fraction of sp³-hybridized carbons (Fsp3) is 0.0169. The normalized spacial score (nSPS) is 13.1. The van der Waals surface area contributed by atoms with Crippen LogP contribution in [-0.2, 0) is 5.41 Å². The first kappa shape index (κ1) is 36.6. The Morgan fingerprint density at radius 3 is 1.56 bits per heavy atom. The first-order valence-electron chi connectivity index (χ1n) is 21.6. The lowest BCUT2D eigenvalue weighted by Gasteiger charge is -2.40. The molecule has 0 amide bonds. The highest BCUT2D eigenvalue weighted by atomic mass is 32.2. The molecule has 4 aromatic heterocycles. The lowest BCUT2D eigenvalue weighted by molar-refractivity contribution is 0.724. The van der Waals surface area contributed by atoms with Crippen LogP contribution in [0.2, 0.25) is 0 Å². The molecule has 5 heteroatoms. The van der Waals surface area contributed by atoms with E-state index in [2.05, 4.69) is 180 Å². The predicted octanol–water partition coefficient (Wildman–Crippen LogP) is 14.7. The number of fused-ring (bicyclic) bond motifs is 12. The molecule has 0 N–H and O–H groups in total. The van der Waals surface area contributed by atoms with E-state index in [1.165, 1.54) is 48.6 Å². The molecular weight excluding hydrogens is 797 g/mol. The molecule has 7 aromatic carbocycles. The SMILES string of the molecule is c1ccc(-c2nc3ccc(-c4ccc(-c5cc(-c6ccccn6)nc(-c6ccccn6)c5)cc4)cc3c3cc4c(cc23)Sc2ccccc2C42c3ccccc3-c3ccccc32)cc1. The highest BCUT2D eigenvalue weighted by Crippen LogP contribution is 2.62. The van der Waals surface area contributed by atoms with E-state index < -0.39 is 5.41 Å².